The molecule has 94 valence electrons. The minimum absolute atomic E-state index is 0.294. The third-order valence-corrected chi connectivity index (χ3v) is 3.00. The molecule has 1 aromatic rings. The lowest BCUT2D eigenvalue weighted by Gasteiger charge is -2.23. The molecule has 1 fully saturated rings. The molecular weight excluding hydrogens is 221 g/mol. The number of methoxy groups -OCH3 is 1. The summed E-state index contributed by atoms with van der Waals surface area (Å²) >= 11 is 0. The lowest BCUT2D eigenvalue weighted by molar-refractivity contribution is 0.0743. The van der Waals surface area contributed by atoms with Crippen molar-refractivity contribution in [2.24, 2.45) is 0 Å². The normalized spacial score (nSPS) is 20.2. The van der Waals surface area contributed by atoms with Crippen LogP contribution in [0.1, 0.15) is 12.0 Å². The van der Waals surface area contributed by atoms with Crippen LogP contribution in [0.3, 0.4) is 0 Å². The van der Waals surface area contributed by atoms with Crippen LogP contribution in [0.15, 0.2) is 18.2 Å². The van der Waals surface area contributed by atoms with Crippen LogP contribution in [0.2, 0.25) is 0 Å². The number of rotatable bonds is 4. The maximum absolute atomic E-state index is 13.5. The summed E-state index contributed by atoms with van der Waals surface area (Å²) in [5.41, 5.74) is 0.996. The first-order chi connectivity index (χ1) is 8.29. The van der Waals surface area contributed by atoms with E-state index in [1.807, 2.05) is 6.07 Å². The molecule has 0 amide bonds. The van der Waals surface area contributed by atoms with Crippen LogP contribution in [-0.2, 0) is 11.2 Å². The molecule has 1 aliphatic heterocycles. The first-order valence-electron chi connectivity index (χ1n) is 5.93. The molecule has 0 saturated carbocycles. The van der Waals surface area contributed by atoms with Gasteiger partial charge in [-0.1, -0.05) is 6.07 Å². The van der Waals surface area contributed by atoms with Gasteiger partial charge in [0.05, 0.1) is 20.3 Å². The van der Waals surface area contributed by atoms with Gasteiger partial charge in [-0.05, 0) is 30.5 Å². The maximum atomic E-state index is 13.5. The molecule has 0 radical (unpaired) electrons. The van der Waals surface area contributed by atoms with Crippen molar-refractivity contribution in [3.05, 3.63) is 29.6 Å². The van der Waals surface area contributed by atoms with E-state index in [2.05, 4.69) is 5.32 Å². The number of halogens is 1. The Hall–Kier alpha value is -1.13. The summed E-state index contributed by atoms with van der Waals surface area (Å²) in [5.74, 6) is 0.00530. The second-order valence-corrected chi connectivity index (χ2v) is 4.23. The van der Waals surface area contributed by atoms with Gasteiger partial charge in [0.1, 0.15) is 0 Å². The van der Waals surface area contributed by atoms with Crippen molar-refractivity contribution < 1.29 is 13.9 Å². The Labute approximate surface area is 101 Å². The van der Waals surface area contributed by atoms with E-state index in [0.29, 0.717) is 11.8 Å². The van der Waals surface area contributed by atoms with E-state index in [0.717, 1.165) is 38.2 Å². The van der Waals surface area contributed by atoms with Gasteiger partial charge in [0, 0.05) is 12.6 Å². The molecule has 1 atom stereocenters. The lowest BCUT2D eigenvalue weighted by Crippen LogP contribution is -2.41. The van der Waals surface area contributed by atoms with Crippen LogP contribution in [0.4, 0.5) is 4.39 Å². The Morgan fingerprint density at radius 3 is 3.06 bits per heavy atom. The second-order valence-electron chi connectivity index (χ2n) is 4.23. The van der Waals surface area contributed by atoms with Crippen molar-refractivity contribution >= 4 is 0 Å². The molecule has 0 bridgehead atoms. The average molecular weight is 239 g/mol. The van der Waals surface area contributed by atoms with E-state index in [1.54, 1.807) is 12.1 Å². The van der Waals surface area contributed by atoms with Gasteiger partial charge in [0.25, 0.3) is 0 Å². The van der Waals surface area contributed by atoms with Crippen molar-refractivity contribution in [3.63, 3.8) is 0 Å². The smallest absolute Gasteiger partial charge is 0.165 e. The topological polar surface area (TPSA) is 30.5 Å². The highest BCUT2D eigenvalue weighted by atomic mass is 19.1. The summed E-state index contributed by atoms with van der Waals surface area (Å²) in [5, 5.41) is 3.38. The van der Waals surface area contributed by atoms with E-state index in [1.165, 1.54) is 7.11 Å². The fourth-order valence-electron chi connectivity index (χ4n) is 2.01. The van der Waals surface area contributed by atoms with Gasteiger partial charge in [-0.25, -0.2) is 4.39 Å². The van der Waals surface area contributed by atoms with E-state index < -0.39 is 0 Å². The van der Waals surface area contributed by atoms with Crippen molar-refractivity contribution in [2.75, 3.05) is 26.9 Å². The van der Waals surface area contributed by atoms with Gasteiger partial charge in [-0.2, -0.15) is 0 Å². The van der Waals surface area contributed by atoms with Gasteiger partial charge in [-0.15, -0.1) is 0 Å². The predicted molar refractivity (Wildman–Crippen MR) is 63.9 cm³/mol. The molecule has 1 aromatic carbocycles. The number of nitrogens with one attached hydrogen (secondary N) is 1. The Bertz CT molecular complexity index is 364. The van der Waals surface area contributed by atoms with Gasteiger partial charge >= 0.3 is 0 Å². The lowest BCUT2D eigenvalue weighted by atomic mass is 10.0. The summed E-state index contributed by atoms with van der Waals surface area (Å²) in [6, 6.07) is 5.51. The minimum atomic E-state index is -0.294. The quantitative estimate of drug-likeness (QED) is 0.868. The Morgan fingerprint density at radius 1 is 1.53 bits per heavy atom. The summed E-state index contributed by atoms with van der Waals surface area (Å²) in [7, 11) is 1.47. The first-order valence-corrected chi connectivity index (χ1v) is 5.93. The predicted octanol–water partition coefficient (Wildman–Crippen LogP) is 1.76. The SMILES string of the molecule is COc1ccc(CCC2COCCN2)cc1F. The van der Waals surface area contributed by atoms with Crippen molar-refractivity contribution in [1.82, 2.24) is 5.32 Å². The fourth-order valence-corrected chi connectivity index (χ4v) is 2.01. The zero-order chi connectivity index (χ0) is 12.1. The second kappa shape index (κ2) is 5.98. The molecule has 17 heavy (non-hydrogen) atoms. The van der Waals surface area contributed by atoms with Crippen LogP contribution in [-0.4, -0.2) is 32.9 Å². The number of ether oxygens (including phenoxy) is 2. The fraction of sp³-hybridized carbons (Fsp3) is 0.538. The number of aryl methyl sites for hydroxylation is 1. The number of hydrogen-bond donors (Lipinski definition) is 1. The highest BCUT2D eigenvalue weighted by molar-refractivity contribution is 5.29. The highest BCUT2D eigenvalue weighted by Gasteiger charge is 2.13. The Morgan fingerprint density at radius 2 is 2.41 bits per heavy atom. The molecule has 0 aliphatic carbocycles. The summed E-state index contributed by atoms with van der Waals surface area (Å²) in [6.07, 6.45) is 1.81. The summed E-state index contributed by atoms with van der Waals surface area (Å²) < 4.78 is 23.7. The monoisotopic (exact) mass is 239 g/mol. The van der Waals surface area contributed by atoms with E-state index in [-0.39, 0.29) is 5.82 Å². The highest BCUT2D eigenvalue weighted by Crippen LogP contribution is 2.19. The molecule has 1 N–H and O–H groups in total. The van der Waals surface area contributed by atoms with Gasteiger partial charge < -0.3 is 14.8 Å². The molecule has 1 aliphatic rings. The molecule has 0 aromatic heterocycles. The van der Waals surface area contributed by atoms with E-state index in [4.69, 9.17) is 9.47 Å². The van der Waals surface area contributed by atoms with Crippen LogP contribution in [0, 0.1) is 5.82 Å². The molecule has 1 saturated heterocycles. The third-order valence-electron chi connectivity index (χ3n) is 3.00. The Kier molecular flexibility index (Phi) is 4.34. The molecule has 2 rings (SSSR count). The van der Waals surface area contributed by atoms with Crippen LogP contribution in [0.25, 0.3) is 0 Å². The molecular formula is C13H18FNO2. The van der Waals surface area contributed by atoms with Crippen molar-refractivity contribution in [1.29, 1.82) is 0 Å². The van der Waals surface area contributed by atoms with Gasteiger partial charge in [-0.3, -0.25) is 0 Å². The van der Waals surface area contributed by atoms with Crippen LogP contribution < -0.4 is 10.1 Å². The minimum Gasteiger partial charge on any atom is -0.494 e. The first kappa shape index (κ1) is 12.3. The zero-order valence-electron chi connectivity index (χ0n) is 10.0. The third kappa shape index (κ3) is 3.41. The maximum Gasteiger partial charge on any atom is 0.165 e. The van der Waals surface area contributed by atoms with Crippen molar-refractivity contribution in [2.45, 2.75) is 18.9 Å². The number of benzene rings is 1. The van der Waals surface area contributed by atoms with Crippen LogP contribution >= 0.6 is 0 Å². The zero-order valence-corrected chi connectivity index (χ0v) is 10.0. The van der Waals surface area contributed by atoms with E-state index >= 15 is 0 Å². The van der Waals surface area contributed by atoms with Gasteiger partial charge in [0.15, 0.2) is 11.6 Å². The summed E-state index contributed by atoms with van der Waals surface area (Å²) in [6.45, 7) is 2.44. The van der Waals surface area contributed by atoms with Gasteiger partial charge in [0.2, 0.25) is 0 Å². The average Bonchev–Trinajstić information content (AvgIpc) is 2.38. The Balaban J connectivity index is 1.87. The molecule has 1 heterocycles. The van der Waals surface area contributed by atoms with E-state index in [9.17, 15) is 4.39 Å². The van der Waals surface area contributed by atoms with Crippen LogP contribution in [0.5, 0.6) is 5.75 Å². The standard InChI is InChI=1S/C13H18FNO2/c1-16-13-5-3-10(8-12(13)14)2-4-11-9-17-7-6-15-11/h3,5,8,11,15H,2,4,6-7,9H2,1H3. The largest absolute Gasteiger partial charge is 0.494 e. The molecule has 4 heteroatoms. The number of morpholine rings is 1. The molecule has 0 spiro atoms. The molecule has 1 unspecified atom stereocenters. The molecule has 3 nitrogen and oxygen atoms in total. The summed E-state index contributed by atoms with van der Waals surface area (Å²) in [4.78, 5) is 0. The van der Waals surface area contributed by atoms with Crippen molar-refractivity contribution in [3.8, 4) is 5.75 Å². The number of hydrogen-bond acceptors (Lipinski definition) is 3.